The molecule has 3 aliphatic carbocycles. The Morgan fingerprint density at radius 3 is 2.90 bits per heavy atom. The molecule has 0 heterocycles. The minimum atomic E-state index is 0. The van der Waals surface area contributed by atoms with Crippen molar-refractivity contribution in [1.82, 2.24) is 0 Å². The molecule has 0 spiro atoms. The first kappa shape index (κ1) is 14.9. The zero-order valence-corrected chi connectivity index (χ0v) is 16.4. The van der Waals surface area contributed by atoms with Gasteiger partial charge in [0.05, 0.1) is 0 Å². The van der Waals surface area contributed by atoms with E-state index in [4.69, 9.17) is 0 Å². The summed E-state index contributed by atoms with van der Waals surface area (Å²) in [6.45, 7) is 4.33. The van der Waals surface area contributed by atoms with Crippen LogP contribution in [0.4, 0.5) is 0 Å². The van der Waals surface area contributed by atoms with E-state index >= 15 is 0 Å². The van der Waals surface area contributed by atoms with Gasteiger partial charge in [-0.05, 0) is 55.8 Å². The molecule has 20 heavy (non-hydrogen) atoms. The normalized spacial score (nSPS) is 35.3. The van der Waals surface area contributed by atoms with Crippen LogP contribution in [0.3, 0.4) is 0 Å². The maximum Gasteiger partial charge on any atom is 0 e. The number of fused-ring (bicyclic) bond motifs is 6. The Morgan fingerprint density at radius 1 is 1.10 bits per heavy atom. The number of hydrogen-bond acceptors (Lipinski definition) is 0. The molecule has 0 aromatic heterocycles. The summed E-state index contributed by atoms with van der Waals surface area (Å²) >= 11 is 0. The molecule has 4 atom stereocenters. The van der Waals surface area contributed by atoms with Gasteiger partial charge in [-0.15, -0.1) is 0 Å². The van der Waals surface area contributed by atoms with Crippen molar-refractivity contribution in [3.05, 3.63) is 47.5 Å². The van der Waals surface area contributed by atoms with E-state index in [9.17, 15) is 0 Å². The average molecular weight is 489 g/mol. The molecule has 3 aliphatic rings. The van der Waals surface area contributed by atoms with Crippen LogP contribution < -0.4 is 0 Å². The average Bonchev–Trinajstić information content (AvgIpc) is 2.61. The van der Waals surface area contributed by atoms with E-state index in [-0.39, 0.29) is 31.1 Å². The summed E-state index contributed by atoms with van der Waals surface area (Å²) in [4.78, 5) is 0. The fourth-order valence-electron chi connectivity index (χ4n) is 5.06. The topological polar surface area (TPSA) is 0 Å². The van der Waals surface area contributed by atoms with Crippen molar-refractivity contribution < 1.29 is 31.1 Å². The molecule has 0 aliphatic heterocycles. The van der Waals surface area contributed by atoms with Crippen LogP contribution in [0.15, 0.2) is 30.4 Å². The van der Waals surface area contributed by atoms with Crippen molar-refractivity contribution in [2.24, 2.45) is 17.8 Å². The molecular weight excluding hydrogens is 466 g/mol. The number of allylic oxidation sites excluding steroid dienone is 1. The van der Waals surface area contributed by atoms with Gasteiger partial charge in [-0.2, -0.15) is 35.4 Å². The molecular formula is C19H23U-. The van der Waals surface area contributed by atoms with Crippen molar-refractivity contribution >= 4 is 0 Å². The first-order valence-electron chi connectivity index (χ1n) is 7.99. The molecule has 0 radical (unpaired) electrons. The van der Waals surface area contributed by atoms with E-state index in [0.717, 1.165) is 23.7 Å². The number of rotatable bonds is 0. The molecule has 1 aromatic carbocycles. The van der Waals surface area contributed by atoms with Crippen molar-refractivity contribution in [2.45, 2.75) is 50.9 Å². The third-order valence-corrected chi connectivity index (χ3v) is 6.08. The van der Waals surface area contributed by atoms with Gasteiger partial charge in [0.15, 0.2) is 0 Å². The Labute approximate surface area is 146 Å². The van der Waals surface area contributed by atoms with Gasteiger partial charge in [0, 0.05) is 31.1 Å². The molecule has 0 saturated heterocycles. The molecule has 1 aromatic rings. The van der Waals surface area contributed by atoms with Gasteiger partial charge < -0.3 is 0 Å². The van der Waals surface area contributed by atoms with Crippen LogP contribution >= 0.6 is 0 Å². The second kappa shape index (κ2) is 6.02. The maximum atomic E-state index is 4.33. The van der Waals surface area contributed by atoms with Crippen LogP contribution in [-0.2, 0) is 6.42 Å². The van der Waals surface area contributed by atoms with E-state index in [1.807, 2.05) is 0 Å². The quantitative estimate of drug-likeness (QED) is 0.360. The zero-order chi connectivity index (χ0) is 12.8. The Kier molecular flexibility index (Phi) is 4.49. The minimum absolute atomic E-state index is 0. The van der Waals surface area contributed by atoms with Crippen LogP contribution in [0.1, 0.15) is 55.6 Å². The predicted molar refractivity (Wildman–Crippen MR) is 79.0 cm³/mol. The van der Waals surface area contributed by atoms with Crippen molar-refractivity contribution in [1.29, 1.82) is 0 Å². The van der Waals surface area contributed by atoms with Crippen molar-refractivity contribution in [2.75, 3.05) is 0 Å². The van der Waals surface area contributed by atoms with Gasteiger partial charge in [-0.1, -0.05) is 25.0 Å². The summed E-state index contributed by atoms with van der Waals surface area (Å²) in [6.07, 6.45) is 9.62. The first-order chi connectivity index (χ1) is 9.33. The van der Waals surface area contributed by atoms with Gasteiger partial charge in [0.1, 0.15) is 0 Å². The Bertz CT molecular complexity index is 504. The van der Waals surface area contributed by atoms with Crippen LogP contribution in [0.5, 0.6) is 0 Å². The second-order valence-electron chi connectivity index (χ2n) is 6.90. The van der Waals surface area contributed by atoms with Gasteiger partial charge >= 0.3 is 0 Å². The molecule has 4 rings (SSSR count). The van der Waals surface area contributed by atoms with Crippen LogP contribution in [0.2, 0.25) is 0 Å². The van der Waals surface area contributed by atoms with Gasteiger partial charge in [-0.25, -0.2) is 0 Å². The summed E-state index contributed by atoms with van der Waals surface area (Å²) < 4.78 is 0. The van der Waals surface area contributed by atoms with E-state index in [1.165, 1.54) is 44.9 Å². The standard InChI is InChI=1S/C19H23.U/c1-13-6-7-16-12-15(13)9-11-19-17-5-3-2-4-14(17)8-10-18(16)19;/h3-5,15-16,18-19H,1,6-12H2;/q-1;/t15-,16?,18?,19?;/m1./s1. The van der Waals surface area contributed by atoms with E-state index in [0.29, 0.717) is 0 Å². The van der Waals surface area contributed by atoms with E-state index < -0.39 is 0 Å². The minimum Gasteiger partial charge on any atom is -0.184 e. The molecule has 0 nitrogen and oxygen atoms in total. The molecule has 104 valence electrons. The molecule has 0 N–H and O–H groups in total. The Morgan fingerprint density at radius 2 is 2.00 bits per heavy atom. The fourth-order valence-corrected chi connectivity index (χ4v) is 5.06. The third-order valence-electron chi connectivity index (χ3n) is 6.08. The maximum absolute atomic E-state index is 4.33. The Balaban J connectivity index is 0.00000121. The predicted octanol–water partition coefficient (Wildman–Crippen LogP) is 4.90. The number of aryl methyl sites for hydroxylation is 1. The van der Waals surface area contributed by atoms with E-state index in [2.05, 4.69) is 30.8 Å². The van der Waals surface area contributed by atoms with Gasteiger partial charge in [0.25, 0.3) is 0 Å². The van der Waals surface area contributed by atoms with Gasteiger partial charge in [-0.3, -0.25) is 0 Å². The first-order valence-corrected chi connectivity index (χ1v) is 7.99. The smallest absolute Gasteiger partial charge is 0 e. The fraction of sp³-hybridized carbons (Fsp3) is 0.579. The second-order valence-corrected chi connectivity index (χ2v) is 6.90. The van der Waals surface area contributed by atoms with Gasteiger partial charge in [0.2, 0.25) is 0 Å². The van der Waals surface area contributed by atoms with E-state index in [1.54, 1.807) is 16.7 Å². The molecule has 0 amide bonds. The largest absolute Gasteiger partial charge is 0.184 e. The van der Waals surface area contributed by atoms with Crippen LogP contribution in [0, 0.1) is 54.9 Å². The number of benzene rings is 1. The monoisotopic (exact) mass is 489 g/mol. The molecule has 2 bridgehead atoms. The molecule has 2 saturated carbocycles. The summed E-state index contributed by atoms with van der Waals surface area (Å²) in [5.74, 6) is 3.59. The summed E-state index contributed by atoms with van der Waals surface area (Å²) in [7, 11) is 0. The number of hydrogen-bond donors (Lipinski definition) is 0. The Hall–Kier alpha value is 0.0119. The zero-order valence-electron chi connectivity index (χ0n) is 12.2. The summed E-state index contributed by atoms with van der Waals surface area (Å²) in [5, 5.41) is 0. The molecule has 1 heteroatoms. The third kappa shape index (κ3) is 2.46. The molecule has 3 unspecified atom stereocenters. The summed E-state index contributed by atoms with van der Waals surface area (Å²) in [5.41, 5.74) is 4.80. The summed E-state index contributed by atoms with van der Waals surface area (Å²) in [6, 6.07) is 9.99. The SMILES string of the molecule is C=C1CCC2C[C@H]1CCC1c3cc[c-]cc3CCC21.[U]. The molecule has 2 fully saturated rings. The van der Waals surface area contributed by atoms with Crippen LogP contribution in [0.25, 0.3) is 0 Å². The van der Waals surface area contributed by atoms with Crippen molar-refractivity contribution in [3.63, 3.8) is 0 Å². The van der Waals surface area contributed by atoms with Crippen molar-refractivity contribution in [3.8, 4) is 0 Å². The van der Waals surface area contributed by atoms with Crippen LogP contribution in [-0.4, -0.2) is 0 Å².